The zero-order valence-electron chi connectivity index (χ0n) is 10.0. The van der Waals surface area contributed by atoms with Gasteiger partial charge in [0.25, 0.3) is 5.82 Å². The summed E-state index contributed by atoms with van der Waals surface area (Å²) >= 11 is 0. The van der Waals surface area contributed by atoms with Gasteiger partial charge in [-0.3, -0.25) is 0 Å². The highest BCUT2D eigenvalue weighted by Crippen LogP contribution is 2.11. The average molecular weight is 227 g/mol. The Bertz CT molecular complexity index is 630. The topological polar surface area (TPSA) is 37.5 Å². The fraction of sp³-hybridized carbons (Fsp3) is 0.231. The molecule has 0 unspecified atom stereocenters. The standard InChI is InChI=1S/C13H15N4/c1-10-16(2)7-8-17(10)9-13-14-11-5-3-4-6-12(11)15-13/h3-8H,9H2,1-2H3,(H,14,15)/q+1. The maximum absolute atomic E-state index is 4.57. The number of nitrogens with one attached hydrogen (secondary N) is 1. The van der Waals surface area contributed by atoms with Gasteiger partial charge < -0.3 is 4.98 Å². The molecular formula is C13H15N4+. The van der Waals surface area contributed by atoms with Gasteiger partial charge in [-0.2, -0.15) is 0 Å². The van der Waals surface area contributed by atoms with Crippen molar-refractivity contribution in [1.29, 1.82) is 0 Å². The molecule has 2 heterocycles. The van der Waals surface area contributed by atoms with E-state index in [0.717, 1.165) is 23.4 Å². The Kier molecular flexibility index (Phi) is 2.21. The molecule has 0 bridgehead atoms. The highest BCUT2D eigenvalue weighted by atomic mass is 15.1. The Morgan fingerprint density at radius 3 is 2.88 bits per heavy atom. The number of imidazole rings is 2. The number of aromatic nitrogens is 4. The summed E-state index contributed by atoms with van der Waals surface area (Å²) < 4.78 is 4.28. The quantitative estimate of drug-likeness (QED) is 0.663. The van der Waals surface area contributed by atoms with Crippen molar-refractivity contribution in [2.45, 2.75) is 13.5 Å². The first kappa shape index (κ1) is 10.1. The molecule has 3 aromatic rings. The van der Waals surface area contributed by atoms with Gasteiger partial charge in [0.2, 0.25) is 0 Å². The summed E-state index contributed by atoms with van der Waals surface area (Å²) in [6.07, 6.45) is 4.13. The van der Waals surface area contributed by atoms with Crippen LogP contribution in [0.3, 0.4) is 0 Å². The van der Waals surface area contributed by atoms with E-state index < -0.39 is 0 Å². The predicted octanol–water partition coefficient (Wildman–Crippen LogP) is 1.55. The highest BCUT2D eigenvalue weighted by Gasteiger charge is 2.11. The molecule has 0 radical (unpaired) electrons. The zero-order valence-corrected chi connectivity index (χ0v) is 10.0. The molecule has 0 aliphatic carbocycles. The lowest BCUT2D eigenvalue weighted by Gasteiger charge is -1.95. The fourth-order valence-electron chi connectivity index (χ4n) is 2.01. The van der Waals surface area contributed by atoms with E-state index in [0.29, 0.717) is 0 Å². The molecule has 0 spiro atoms. The third-order valence-corrected chi connectivity index (χ3v) is 3.15. The van der Waals surface area contributed by atoms with Crippen LogP contribution in [0.1, 0.15) is 11.6 Å². The molecule has 4 nitrogen and oxygen atoms in total. The molecule has 0 aliphatic rings. The van der Waals surface area contributed by atoms with Crippen LogP contribution in [0.15, 0.2) is 36.7 Å². The largest absolute Gasteiger partial charge is 0.339 e. The Morgan fingerprint density at radius 1 is 1.35 bits per heavy atom. The highest BCUT2D eigenvalue weighted by molar-refractivity contribution is 5.74. The van der Waals surface area contributed by atoms with Crippen LogP contribution in [0, 0.1) is 6.92 Å². The molecule has 86 valence electrons. The number of hydrogen-bond acceptors (Lipinski definition) is 1. The van der Waals surface area contributed by atoms with Gasteiger partial charge in [0.05, 0.1) is 18.1 Å². The maximum Gasteiger partial charge on any atom is 0.253 e. The second-order valence-electron chi connectivity index (χ2n) is 4.28. The van der Waals surface area contributed by atoms with Crippen molar-refractivity contribution in [3.8, 4) is 0 Å². The van der Waals surface area contributed by atoms with Crippen molar-refractivity contribution in [3.63, 3.8) is 0 Å². The third-order valence-electron chi connectivity index (χ3n) is 3.15. The Labute approximate surface area is 99.5 Å². The van der Waals surface area contributed by atoms with E-state index in [1.54, 1.807) is 0 Å². The molecule has 0 amide bonds. The first-order chi connectivity index (χ1) is 8.24. The zero-order chi connectivity index (χ0) is 11.8. The number of para-hydroxylation sites is 2. The molecule has 2 aromatic heterocycles. The summed E-state index contributed by atoms with van der Waals surface area (Å²) in [6, 6.07) is 8.10. The van der Waals surface area contributed by atoms with Crippen molar-refractivity contribution in [1.82, 2.24) is 14.5 Å². The van der Waals surface area contributed by atoms with Crippen molar-refractivity contribution in [3.05, 3.63) is 48.3 Å². The smallest absolute Gasteiger partial charge is 0.253 e. The van der Waals surface area contributed by atoms with Crippen LogP contribution in [0.4, 0.5) is 0 Å². The summed E-state index contributed by atoms with van der Waals surface area (Å²) in [5.74, 6) is 2.20. The van der Waals surface area contributed by atoms with E-state index in [2.05, 4.69) is 38.4 Å². The number of nitrogens with zero attached hydrogens (tertiary/aromatic N) is 3. The number of aryl methyl sites for hydroxylation is 1. The molecule has 1 aromatic carbocycles. The van der Waals surface area contributed by atoms with E-state index in [1.165, 1.54) is 5.82 Å². The number of benzene rings is 1. The lowest BCUT2D eigenvalue weighted by atomic mass is 10.3. The summed E-state index contributed by atoms with van der Waals surface area (Å²) in [4.78, 5) is 7.91. The van der Waals surface area contributed by atoms with Crippen LogP contribution in [-0.4, -0.2) is 14.5 Å². The molecule has 3 rings (SSSR count). The summed E-state index contributed by atoms with van der Waals surface area (Å²) in [5.41, 5.74) is 2.12. The van der Waals surface area contributed by atoms with Crippen molar-refractivity contribution < 1.29 is 4.57 Å². The number of H-pyrrole nitrogens is 1. The molecule has 0 atom stereocenters. The fourth-order valence-corrected chi connectivity index (χ4v) is 2.01. The first-order valence-corrected chi connectivity index (χ1v) is 5.69. The van der Waals surface area contributed by atoms with Crippen LogP contribution in [-0.2, 0) is 13.6 Å². The lowest BCUT2D eigenvalue weighted by Crippen LogP contribution is -2.29. The first-order valence-electron chi connectivity index (χ1n) is 5.69. The van der Waals surface area contributed by atoms with Gasteiger partial charge >= 0.3 is 0 Å². The number of rotatable bonds is 2. The number of hydrogen-bond donors (Lipinski definition) is 1. The molecule has 17 heavy (non-hydrogen) atoms. The van der Waals surface area contributed by atoms with E-state index in [4.69, 9.17) is 0 Å². The molecule has 0 saturated heterocycles. The van der Waals surface area contributed by atoms with Gasteiger partial charge in [0.1, 0.15) is 24.8 Å². The second kappa shape index (κ2) is 3.73. The summed E-state index contributed by atoms with van der Waals surface area (Å²) in [5, 5.41) is 0. The van der Waals surface area contributed by atoms with Crippen LogP contribution in [0.2, 0.25) is 0 Å². The van der Waals surface area contributed by atoms with Gasteiger partial charge in [-0.1, -0.05) is 12.1 Å². The van der Waals surface area contributed by atoms with E-state index >= 15 is 0 Å². The van der Waals surface area contributed by atoms with Crippen molar-refractivity contribution >= 4 is 11.0 Å². The van der Waals surface area contributed by atoms with E-state index in [1.807, 2.05) is 31.3 Å². The monoisotopic (exact) mass is 227 g/mol. The normalized spacial score (nSPS) is 11.2. The molecule has 1 N–H and O–H groups in total. The number of fused-ring (bicyclic) bond motifs is 1. The van der Waals surface area contributed by atoms with Crippen LogP contribution in [0.25, 0.3) is 11.0 Å². The minimum Gasteiger partial charge on any atom is -0.339 e. The minimum absolute atomic E-state index is 0.779. The Hall–Kier alpha value is -2.10. The van der Waals surface area contributed by atoms with Crippen molar-refractivity contribution in [2.75, 3.05) is 0 Å². The molecule has 4 heteroatoms. The molecule has 0 saturated carbocycles. The second-order valence-corrected chi connectivity index (χ2v) is 4.28. The van der Waals surface area contributed by atoms with Crippen LogP contribution < -0.4 is 4.57 Å². The van der Waals surface area contributed by atoms with Crippen LogP contribution in [0.5, 0.6) is 0 Å². The SMILES string of the molecule is Cc1n(Cc2nc3ccccc3[nH]2)cc[n+]1C. The Morgan fingerprint density at radius 2 is 2.18 bits per heavy atom. The van der Waals surface area contributed by atoms with E-state index in [-0.39, 0.29) is 0 Å². The molecule has 0 fully saturated rings. The van der Waals surface area contributed by atoms with Gasteiger partial charge in [-0.15, -0.1) is 0 Å². The van der Waals surface area contributed by atoms with Gasteiger partial charge in [0, 0.05) is 6.92 Å². The summed E-state index contributed by atoms with van der Waals surface area (Å²) in [7, 11) is 2.05. The van der Waals surface area contributed by atoms with Gasteiger partial charge in [-0.05, 0) is 12.1 Å². The maximum atomic E-state index is 4.57. The molecule has 0 aliphatic heterocycles. The number of aromatic amines is 1. The summed E-state index contributed by atoms with van der Waals surface area (Å²) in [6.45, 7) is 2.88. The minimum atomic E-state index is 0.779. The average Bonchev–Trinajstić information content (AvgIpc) is 2.87. The molecular weight excluding hydrogens is 212 g/mol. The van der Waals surface area contributed by atoms with Crippen molar-refractivity contribution in [2.24, 2.45) is 7.05 Å². The van der Waals surface area contributed by atoms with Gasteiger partial charge in [0.15, 0.2) is 0 Å². The lowest BCUT2D eigenvalue weighted by molar-refractivity contribution is -0.677. The van der Waals surface area contributed by atoms with E-state index in [9.17, 15) is 0 Å². The van der Waals surface area contributed by atoms with Crippen LogP contribution >= 0.6 is 0 Å². The van der Waals surface area contributed by atoms with Gasteiger partial charge in [-0.25, -0.2) is 14.1 Å². The third kappa shape index (κ3) is 1.71. The predicted molar refractivity (Wildman–Crippen MR) is 65.5 cm³/mol. The Balaban J connectivity index is 1.97.